The lowest BCUT2D eigenvalue weighted by molar-refractivity contribution is -0.127. The third kappa shape index (κ3) is 3.59. The maximum Gasteiger partial charge on any atom is 0.337 e. The highest BCUT2D eigenvalue weighted by atomic mass is 16.4. The van der Waals surface area contributed by atoms with Gasteiger partial charge in [-0.15, -0.1) is 0 Å². The lowest BCUT2D eigenvalue weighted by atomic mass is 9.99. The van der Waals surface area contributed by atoms with E-state index in [1.807, 2.05) is 23.2 Å². The van der Waals surface area contributed by atoms with Gasteiger partial charge in [0.1, 0.15) is 0 Å². The van der Waals surface area contributed by atoms with Crippen molar-refractivity contribution in [2.45, 2.75) is 19.8 Å². The normalized spacial score (nSPS) is 17.0. The zero-order valence-corrected chi connectivity index (χ0v) is 13.5. The van der Waals surface area contributed by atoms with Gasteiger partial charge in [-0.25, -0.2) is 4.79 Å². The molecule has 1 atom stereocenters. The summed E-state index contributed by atoms with van der Waals surface area (Å²) in [5, 5.41) is 9.03. The Bertz CT molecular complexity index is 758. The predicted octanol–water partition coefficient (Wildman–Crippen LogP) is 2.25. The minimum atomic E-state index is -1.00. The van der Waals surface area contributed by atoms with Crippen LogP contribution < -0.4 is 0 Å². The van der Waals surface area contributed by atoms with Gasteiger partial charge in [-0.05, 0) is 36.5 Å². The first kappa shape index (κ1) is 16.1. The molecule has 6 heteroatoms. The van der Waals surface area contributed by atoms with Crippen molar-refractivity contribution in [3.05, 3.63) is 47.9 Å². The standard InChI is InChI=1S/C18H19N3O3/c1-12(22)21-5-4-14(11-21)6-13-2-3-17(20-8-13)15-7-16(18(23)24)10-19-9-15/h2-3,7-10,14H,4-6,11H2,1H3,(H,23,24). The lowest BCUT2D eigenvalue weighted by Gasteiger charge is -2.14. The first-order valence-electron chi connectivity index (χ1n) is 7.92. The zero-order valence-electron chi connectivity index (χ0n) is 13.5. The van der Waals surface area contributed by atoms with Gasteiger partial charge in [-0.3, -0.25) is 14.8 Å². The summed E-state index contributed by atoms with van der Waals surface area (Å²) in [6.45, 7) is 3.25. The number of hydrogen-bond acceptors (Lipinski definition) is 4. The Morgan fingerprint density at radius 3 is 2.75 bits per heavy atom. The van der Waals surface area contributed by atoms with E-state index in [9.17, 15) is 9.59 Å². The highest BCUT2D eigenvalue weighted by molar-refractivity contribution is 5.88. The Hall–Kier alpha value is -2.76. The average Bonchev–Trinajstić information content (AvgIpc) is 3.04. The summed E-state index contributed by atoms with van der Waals surface area (Å²) in [4.78, 5) is 32.7. The maximum atomic E-state index is 11.4. The summed E-state index contributed by atoms with van der Waals surface area (Å²) >= 11 is 0. The molecule has 1 saturated heterocycles. The number of carboxylic acids is 1. The fourth-order valence-electron chi connectivity index (χ4n) is 3.03. The summed E-state index contributed by atoms with van der Waals surface area (Å²) < 4.78 is 0. The van der Waals surface area contributed by atoms with Crippen LogP contribution in [0, 0.1) is 5.92 Å². The molecule has 0 spiro atoms. The third-order valence-electron chi connectivity index (χ3n) is 4.36. The van der Waals surface area contributed by atoms with E-state index in [2.05, 4.69) is 9.97 Å². The van der Waals surface area contributed by atoms with Gasteiger partial charge in [-0.2, -0.15) is 0 Å². The smallest absolute Gasteiger partial charge is 0.337 e. The van der Waals surface area contributed by atoms with Crippen molar-refractivity contribution < 1.29 is 14.7 Å². The predicted molar refractivity (Wildman–Crippen MR) is 88.5 cm³/mol. The largest absolute Gasteiger partial charge is 0.478 e. The van der Waals surface area contributed by atoms with E-state index < -0.39 is 5.97 Å². The second-order valence-corrected chi connectivity index (χ2v) is 6.14. The van der Waals surface area contributed by atoms with Gasteiger partial charge in [0.05, 0.1) is 11.3 Å². The molecule has 2 aromatic rings. The number of rotatable bonds is 4. The van der Waals surface area contributed by atoms with Gasteiger partial charge in [0, 0.05) is 44.2 Å². The summed E-state index contributed by atoms with van der Waals surface area (Å²) in [6, 6.07) is 5.46. The van der Waals surface area contributed by atoms with Crippen LogP contribution in [-0.2, 0) is 11.2 Å². The first-order valence-corrected chi connectivity index (χ1v) is 7.92. The fourth-order valence-corrected chi connectivity index (χ4v) is 3.03. The molecule has 1 unspecified atom stereocenters. The van der Waals surface area contributed by atoms with E-state index in [1.165, 1.54) is 6.20 Å². The van der Waals surface area contributed by atoms with E-state index in [4.69, 9.17) is 5.11 Å². The number of aromatic nitrogens is 2. The van der Waals surface area contributed by atoms with Crippen LogP contribution in [0.25, 0.3) is 11.3 Å². The Kier molecular flexibility index (Phi) is 4.55. The molecule has 3 rings (SSSR count). The van der Waals surface area contributed by atoms with E-state index in [0.717, 1.165) is 31.5 Å². The van der Waals surface area contributed by atoms with Gasteiger partial charge in [0.25, 0.3) is 0 Å². The van der Waals surface area contributed by atoms with Crippen LogP contribution in [0.3, 0.4) is 0 Å². The molecule has 1 aliphatic heterocycles. The molecule has 0 saturated carbocycles. The highest BCUT2D eigenvalue weighted by Gasteiger charge is 2.24. The fraction of sp³-hybridized carbons (Fsp3) is 0.333. The quantitative estimate of drug-likeness (QED) is 0.932. The number of carboxylic acid groups (broad SMARTS) is 1. The van der Waals surface area contributed by atoms with Crippen molar-refractivity contribution >= 4 is 11.9 Å². The maximum absolute atomic E-state index is 11.4. The zero-order chi connectivity index (χ0) is 17.1. The lowest BCUT2D eigenvalue weighted by Crippen LogP contribution is -2.26. The van der Waals surface area contributed by atoms with Crippen molar-refractivity contribution in [3.63, 3.8) is 0 Å². The number of aromatic carboxylic acids is 1. The van der Waals surface area contributed by atoms with E-state index in [0.29, 0.717) is 17.2 Å². The Morgan fingerprint density at radius 1 is 1.29 bits per heavy atom. The van der Waals surface area contributed by atoms with Crippen LogP contribution in [0.4, 0.5) is 0 Å². The molecule has 0 aliphatic carbocycles. The van der Waals surface area contributed by atoms with Crippen LogP contribution in [0.15, 0.2) is 36.8 Å². The summed E-state index contributed by atoms with van der Waals surface area (Å²) in [6.07, 6.45) is 6.66. The molecular formula is C18H19N3O3. The van der Waals surface area contributed by atoms with Crippen LogP contribution in [0.5, 0.6) is 0 Å². The number of carbonyl (C=O) groups is 2. The number of amides is 1. The van der Waals surface area contributed by atoms with Crippen LogP contribution >= 0.6 is 0 Å². The molecule has 3 heterocycles. The summed E-state index contributed by atoms with van der Waals surface area (Å²) in [5.41, 5.74) is 2.65. The summed E-state index contributed by atoms with van der Waals surface area (Å²) in [7, 11) is 0. The van der Waals surface area contributed by atoms with Gasteiger partial charge in [-0.1, -0.05) is 6.07 Å². The Morgan fingerprint density at radius 2 is 2.12 bits per heavy atom. The van der Waals surface area contributed by atoms with E-state index in [1.54, 1.807) is 19.2 Å². The van der Waals surface area contributed by atoms with E-state index >= 15 is 0 Å². The Balaban J connectivity index is 1.69. The molecule has 0 aromatic carbocycles. The number of carbonyl (C=O) groups excluding carboxylic acids is 1. The third-order valence-corrected chi connectivity index (χ3v) is 4.36. The molecule has 24 heavy (non-hydrogen) atoms. The molecule has 124 valence electrons. The first-order chi connectivity index (χ1) is 11.5. The minimum Gasteiger partial charge on any atom is -0.478 e. The Labute approximate surface area is 140 Å². The number of hydrogen-bond donors (Lipinski definition) is 1. The summed E-state index contributed by atoms with van der Waals surface area (Å²) in [5.74, 6) is -0.396. The van der Waals surface area contributed by atoms with Gasteiger partial charge >= 0.3 is 5.97 Å². The van der Waals surface area contributed by atoms with Crippen LogP contribution in [0.2, 0.25) is 0 Å². The topological polar surface area (TPSA) is 83.4 Å². The van der Waals surface area contributed by atoms with Crippen LogP contribution in [-0.4, -0.2) is 44.9 Å². The molecule has 1 N–H and O–H groups in total. The second-order valence-electron chi connectivity index (χ2n) is 6.14. The minimum absolute atomic E-state index is 0.136. The van der Waals surface area contributed by atoms with E-state index in [-0.39, 0.29) is 11.5 Å². The molecule has 1 aliphatic rings. The second kappa shape index (κ2) is 6.78. The van der Waals surface area contributed by atoms with Crippen LogP contribution in [0.1, 0.15) is 29.3 Å². The van der Waals surface area contributed by atoms with Crippen molar-refractivity contribution in [2.75, 3.05) is 13.1 Å². The molecule has 1 fully saturated rings. The molecule has 2 aromatic heterocycles. The monoisotopic (exact) mass is 325 g/mol. The van der Waals surface area contributed by atoms with Crippen molar-refractivity contribution in [3.8, 4) is 11.3 Å². The highest BCUT2D eigenvalue weighted by Crippen LogP contribution is 2.22. The van der Waals surface area contributed by atoms with Crippen molar-refractivity contribution in [2.24, 2.45) is 5.92 Å². The van der Waals surface area contributed by atoms with Gasteiger partial charge in [0.15, 0.2) is 0 Å². The number of likely N-dealkylation sites (tertiary alicyclic amines) is 1. The van der Waals surface area contributed by atoms with Gasteiger partial charge in [0.2, 0.25) is 5.91 Å². The SMILES string of the molecule is CC(=O)N1CCC(Cc2ccc(-c3cncc(C(=O)O)c3)nc2)C1. The van der Waals surface area contributed by atoms with Gasteiger partial charge < -0.3 is 10.0 Å². The molecule has 1 amide bonds. The molecule has 0 bridgehead atoms. The van der Waals surface area contributed by atoms with Crippen molar-refractivity contribution in [1.29, 1.82) is 0 Å². The van der Waals surface area contributed by atoms with Crippen molar-refractivity contribution in [1.82, 2.24) is 14.9 Å². The molecular weight excluding hydrogens is 306 g/mol. The molecule has 0 radical (unpaired) electrons. The number of nitrogens with zero attached hydrogens (tertiary/aromatic N) is 3. The average molecular weight is 325 g/mol. The molecule has 6 nitrogen and oxygen atoms in total. The number of pyridine rings is 2.